The van der Waals surface area contributed by atoms with Crippen LogP contribution in [0.1, 0.15) is 19.3 Å². The van der Waals surface area contributed by atoms with Crippen molar-refractivity contribution in [3.05, 3.63) is 24.3 Å². The van der Waals surface area contributed by atoms with E-state index in [0.717, 1.165) is 12.8 Å². The molecular formula is C15H20N2O4. The van der Waals surface area contributed by atoms with Crippen LogP contribution in [0.5, 0.6) is 5.75 Å². The molecule has 1 saturated carbocycles. The Kier molecular flexibility index (Phi) is 5.16. The number of hydrogen-bond acceptors (Lipinski definition) is 5. The van der Waals surface area contributed by atoms with Crippen LogP contribution in [0.15, 0.2) is 24.3 Å². The molecule has 2 rings (SSSR count). The molecule has 0 bridgehead atoms. The van der Waals surface area contributed by atoms with Gasteiger partial charge in [-0.25, -0.2) is 4.79 Å². The molecule has 1 aliphatic rings. The molecule has 0 aliphatic heterocycles. The molecule has 6 nitrogen and oxygen atoms in total. The van der Waals surface area contributed by atoms with Gasteiger partial charge in [-0.1, -0.05) is 0 Å². The van der Waals surface area contributed by atoms with Crippen molar-refractivity contribution in [3.8, 4) is 5.75 Å². The lowest BCUT2D eigenvalue weighted by molar-refractivity contribution is -0.142. The third kappa shape index (κ3) is 5.07. The van der Waals surface area contributed by atoms with Crippen LogP contribution in [0.2, 0.25) is 0 Å². The Morgan fingerprint density at radius 2 is 2.00 bits per heavy atom. The molecule has 1 aromatic carbocycles. The van der Waals surface area contributed by atoms with Crippen molar-refractivity contribution < 1.29 is 19.1 Å². The third-order valence-corrected chi connectivity index (χ3v) is 3.37. The normalized spacial score (nSPS) is 15.1. The lowest BCUT2D eigenvalue weighted by atomic mass is 10.1. The van der Waals surface area contributed by atoms with Crippen LogP contribution in [0.3, 0.4) is 0 Å². The van der Waals surface area contributed by atoms with Crippen molar-refractivity contribution in [2.45, 2.75) is 25.3 Å². The summed E-state index contributed by atoms with van der Waals surface area (Å²) < 4.78 is 9.69. The van der Waals surface area contributed by atoms with Gasteiger partial charge < -0.3 is 20.5 Å². The first-order valence-corrected chi connectivity index (χ1v) is 6.93. The van der Waals surface area contributed by atoms with Gasteiger partial charge in [0.15, 0.2) is 6.61 Å². The van der Waals surface area contributed by atoms with Gasteiger partial charge in [-0.05, 0) is 43.0 Å². The van der Waals surface area contributed by atoms with Gasteiger partial charge in [-0.3, -0.25) is 4.79 Å². The lowest BCUT2D eigenvalue weighted by Crippen LogP contribution is -2.28. The van der Waals surface area contributed by atoms with Crippen molar-refractivity contribution in [1.82, 2.24) is 0 Å². The largest absolute Gasteiger partial charge is 0.482 e. The fourth-order valence-corrected chi connectivity index (χ4v) is 1.95. The van der Waals surface area contributed by atoms with Gasteiger partial charge in [0.2, 0.25) is 5.91 Å². The Labute approximate surface area is 123 Å². The number of carbonyl (C=O) groups is 2. The SMILES string of the molecule is COC(=O)COc1ccc(NC(=O)CC(N)C2CC2)cc1. The number of carbonyl (C=O) groups excluding carboxylic acids is 2. The van der Waals surface area contributed by atoms with E-state index in [0.29, 0.717) is 23.8 Å². The highest BCUT2D eigenvalue weighted by atomic mass is 16.6. The average Bonchev–Trinajstić information content (AvgIpc) is 3.30. The van der Waals surface area contributed by atoms with Crippen LogP contribution >= 0.6 is 0 Å². The Morgan fingerprint density at radius 1 is 1.33 bits per heavy atom. The maximum absolute atomic E-state index is 11.8. The monoisotopic (exact) mass is 292 g/mol. The summed E-state index contributed by atoms with van der Waals surface area (Å²) in [6, 6.07) is 6.74. The highest BCUT2D eigenvalue weighted by molar-refractivity contribution is 5.91. The fraction of sp³-hybridized carbons (Fsp3) is 0.467. The van der Waals surface area contributed by atoms with Gasteiger partial charge in [0, 0.05) is 18.2 Å². The molecule has 1 aromatic rings. The topological polar surface area (TPSA) is 90.6 Å². The molecule has 0 radical (unpaired) electrons. The number of benzene rings is 1. The van der Waals surface area contributed by atoms with E-state index in [9.17, 15) is 9.59 Å². The third-order valence-electron chi connectivity index (χ3n) is 3.37. The second-order valence-corrected chi connectivity index (χ2v) is 5.14. The molecule has 0 aromatic heterocycles. The second-order valence-electron chi connectivity index (χ2n) is 5.14. The van der Waals surface area contributed by atoms with Crippen molar-refractivity contribution in [3.63, 3.8) is 0 Å². The van der Waals surface area contributed by atoms with E-state index in [4.69, 9.17) is 10.5 Å². The van der Waals surface area contributed by atoms with Gasteiger partial charge in [-0.2, -0.15) is 0 Å². The number of nitrogens with two attached hydrogens (primary N) is 1. The average molecular weight is 292 g/mol. The Balaban J connectivity index is 1.78. The molecule has 1 unspecified atom stereocenters. The van der Waals surface area contributed by atoms with Crippen LogP contribution < -0.4 is 15.8 Å². The Bertz CT molecular complexity index is 497. The summed E-state index contributed by atoms with van der Waals surface area (Å²) in [6.45, 7) is -0.140. The molecule has 21 heavy (non-hydrogen) atoms. The first kappa shape index (κ1) is 15.3. The van der Waals surface area contributed by atoms with Gasteiger partial charge in [0.05, 0.1) is 7.11 Å². The van der Waals surface area contributed by atoms with E-state index in [1.54, 1.807) is 24.3 Å². The minimum Gasteiger partial charge on any atom is -0.482 e. The minimum atomic E-state index is -0.443. The molecule has 1 aliphatic carbocycles. The number of rotatable bonds is 7. The number of hydrogen-bond donors (Lipinski definition) is 2. The van der Waals surface area contributed by atoms with E-state index >= 15 is 0 Å². The summed E-state index contributed by atoms with van der Waals surface area (Å²) in [6.07, 6.45) is 2.59. The lowest BCUT2D eigenvalue weighted by Gasteiger charge is -2.11. The van der Waals surface area contributed by atoms with Crippen molar-refractivity contribution in [2.75, 3.05) is 19.0 Å². The summed E-state index contributed by atoms with van der Waals surface area (Å²) >= 11 is 0. The van der Waals surface area contributed by atoms with Gasteiger partial charge in [-0.15, -0.1) is 0 Å². The maximum Gasteiger partial charge on any atom is 0.343 e. The molecule has 0 spiro atoms. The number of nitrogens with one attached hydrogen (secondary N) is 1. The molecule has 0 heterocycles. The summed E-state index contributed by atoms with van der Waals surface area (Å²) in [7, 11) is 1.30. The number of methoxy groups -OCH3 is 1. The molecule has 6 heteroatoms. The smallest absolute Gasteiger partial charge is 0.343 e. The van der Waals surface area contributed by atoms with Crippen LogP contribution in [0, 0.1) is 5.92 Å². The van der Waals surface area contributed by atoms with E-state index in [2.05, 4.69) is 10.1 Å². The van der Waals surface area contributed by atoms with E-state index in [1.165, 1.54) is 7.11 Å². The zero-order valence-corrected chi connectivity index (χ0v) is 12.0. The van der Waals surface area contributed by atoms with Crippen LogP contribution in [0.25, 0.3) is 0 Å². The van der Waals surface area contributed by atoms with Crippen LogP contribution in [-0.4, -0.2) is 31.6 Å². The Hall–Kier alpha value is -2.08. The number of anilines is 1. The zero-order valence-electron chi connectivity index (χ0n) is 12.0. The van der Waals surface area contributed by atoms with Gasteiger partial charge in [0.25, 0.3) is 0 Å². The molecule has 1 atom stereocenters. The van der Waals surface area contributed by atoms with E-state index in [-0.39, 0.29) is 18.6 Å². The molecule has 1 fully saturated rings. The number of ether oxygens (including phenoxy) is 2. The summed E-state index contributed by atoms with van der Waals surface area (Å²) in [5.74, 6) is 0.511. The maximum atomic E-state index is 11.8. The standard InChI is InChI=1S/C15H20N2O4/c1-20-15(19)9-21-12-6-4-11(5-7-12)17-14(18)8-13(16)10-2-3-10/h4-7,10,13H,2-3,8-9,16H2,1H3,(H,17,18). The summed E-state index contributed by atoms with van der Waals surface area (Å²) in [5, 5.41) is 2.79. The van der Waals surface area contributed by atoms with Crippen molar-refractivity contribution in [1.29, 1.82) is 0 Å². The fourth-order valence-electron chi connectivity index (χ4n) is 1.95. The molecular weight excluding hydrogens is 272 g/mol. The first-order chi connectivity index (χ1) is 10.1. The first-order valence-electron chi connectivity index (χ1n) is 6.93. The minimum absolute atomic E-state index is 0.0485. The Morgan fingerprint density at radius 3 is 2.57 bits per heavy atom. The summed E-state index contributed by atoms with van der Waals surface area (Å²) in [4.78, 5) is 22.8. The van der Waals surface area contributed by atoms with Gasteiger partial charge >= 0.3 is 5.97 Å². The number of esters is 1. The molecule has 1 amide bonds. The van der Waals surface area contributed by atoms with Crippen molar-refractivity contribution in [2.24, 2.45) is 11.7 Å². The second kappa shape index (κ2) is 7.08. The van der Waals surface area contributed by atoms with E-state index < -0.39 is 5.97 Å². The zero-order chi connectivity index (χ0) is 15.2. The van der Waals surface area contributed by atoms with Crippen molar-refractivity contribution >= 4 is 17.6 Å². The highest BCUT2D eigenvalue weighted by Gasteiger charge is 2.29. The molecule has 0 saturated heterocycles. The highest BCUT2D eigenvalue weighted by Crippen LogP contribution is 2.32. The van der Waals surface area contributed by atoms with Crippen LogP contribution in [-0.2, 0) is 14.3 Å². The molecule has 114 valence electrons. The predicted octanol–water partition coefficient (Wildman–Crippen LogP) is 1.30. The number of amides is 1. The quantitative estimate of drug-likeness (QED) is 0.739. The van der Waals surface area contributed by atoms with Gasteiger partial charge in [0.1, 0.15) is 5.75 Å². The molecule has 3 N–H and O–H groups in total. The van der Waals surface area contributed by atoms with Crippen LogP contribution in [0.4, 0.5) is 5.69 Å². The van der Waals surface area contributed by atoms with E-state index in [1.807, 2.05) is 0 Å². The summed E-state index contributed by atoms with van der Waals surface area (Å²) in [5.41, 5.74) is 6.59. The predicted molar refractivity (Wildman–Crippen MR) is 77.9 cm³/mol.